The summed E-state index contributed by atoms with van der Waals surface area (Å²) in [4.78, 5) is 0. The molecule has 4 rings (SSSR count). The summed E-state index contributed by atoms with van der Waals surface area (Å²) >= 11 is 0. The largest absolute Gasteiger partial charge is 0.370 e. The van der Waals surface area contributed by atoms with E-state index in [9.17, 15) is 0 Å². The number of hydrogen-bond acceptors (Lipinski definition) is 4. The number of aromatic nitrogens is 4. The molecule has 130 valence electrons. The lowest BCUT2D eigenvalue weighted by molar-refractivity contribution is 0.390. The van der Waals surface area contributed by atoms with E-state index in [4.69, 9.17) is 0 Å². The fourth-order valence-corrected chi connectivity index (χ4v) is 3.39. The third-order valence-corrected chi connectivity index (χ3v) is 4.66. The molecule has 0 unspecified atom stereocenters. The Morgan fingerprint density at radius 3 is 2.96 bits per heavy atom. The number of nitrogens with zero attached hydrogens (tertiary/aromatic N) is 4. The number of nitrogens with one attached hydrogen (secondary N) is 2. The summed E-state index contributed by atoms with van der Waals surface area (Å²) in [5, 5.41) is 15.9. The Hall–Kier alpha value is -2.60. The number of fused-ring (bicyclic) bond motifs is 1. The highest BCUT2D eigenvalue weighted by molar-refractivity contribution is 5.38. The molecule has 3 heterocycles. The van der Waals surface area contributed by atoms with E-state index in [-0.39, 0.29) is 0 Å². The Morgan fingerprint density at radius 1 is 1.24 bits per heavy atom. The van der Waals surface area contributed by atoms with Crippen LogP contribution in [0.15, 0.2) is 48.8 Å². The highest BCUT2D eigenvalue weighted by atomic mass is 15.3. The first-order valence-corrected chi connectivity index (χ1v) is 8.81. The molecule has 2 N–H and O–H groups in total. The van der Waals surface area contributed by atoms with Crippen LogP contribution in [0.2, 0.25) is 0 Å². The summed E-state index contributed by atoms with van der Waals surface area (Å²) in [5.41, 5.74) is 3.71. The molecule has 0 saturated carbocycles. The molecule has 3 aromatic rings. The highest BCUT2D eigenvalue weighted by Crippen LogP contribution is 2.18. The van der Waals surface area contributed by atoms with Gasteiger partial charge >= 0.3 is 0 Å². The lowest BCUT2D eigenvalue weighted by Crippen LogP contribution is -2.35. The predicted molar refractivity (Wildman–Crippen MR) is 98.4 cm³/mol. The zero-order valence-corrected chi connectivity index (χ0v) is 14.5. The maximum atomic E-state index is 4.54. The van der Waals surface area contributed by atoms with Gasteiger partial charge in [-0.2, -0.15) is 10.2 Å². The van der Waals surface area contributed by atoms with E-state index in [1.807, 2.05) is 30.1 Å². The second-order valence-corrected chi connectivity index (χ2v) is 6.70. The Balaban J connectivity index is 1.33. The Kier molecular flexibility index (Phi) is 4.52. The Bertz CT molecular complexity index is 820. The van der Waals surface area contributed by atoms with Gasteiger partial charge in [0.15, 0.2) is 0 Å². The molecule has 0 spiro atoms. The van der Waals surface area contributed by atoms with Crippen molar-refractivity contribution in [1.29, 1.82) is 0 Å². The molecule has 6 heteroatoms. The van der Waals surface area contributed by atoms with Crippen molar-refractivity contribution in [3.8, 4) is 0 Å². The molecule has 6 nitrogen and oxygen atoms in total. The zero-order chi connectivity index (χ0) is 17.1. The molecule has 1 aromatic carbocycles. The minimum Gasteiger partial charge on any atom is -0.370 e. The lowest BCUT2D eigenvalue weighted by Gasteiger charge is -2.25. The molecular formula is C19H24N6. The standard InChI is InChI=1S/C19H24N6/c1-15-9-19-21-11-16(13-25(19)23-15)10-20-12-17-5-2-3-6-18(17)14-24-8-4-7-22-24/h2-9,16,20-21H,10-14H2,1H3/t16-/m0/s1. The van der Waals surface area contributed by atoms with Crippen molar-refractivity contribution >= 4 is 5.82 Å². The van der Waals surface area contributed by atoms with Crippen molar-refractivity contribution in [1.82, 2.24) is 24.9 Å². The molecule has 25 heavy (non-hydrogen) atoms. The SMILES string of the molecule is Cc1cc2n(n1)C[C@@H](CNCc1ccccc1Cn1cccn1)CN2. The third-order valence-electron chi connectivity index (χ3n) is 4.66. The van der Waals surface area contributed by atoms with Crippen LogP contribution in [0.5, 0.6) is 0 Å². The molecule has 0 saturated heterocycles. The average Bonchev–Trinajstić information content (AvgIpc) is 3.24. The average molecular weight is 336 g/mol. The number of rotatable bonds is 6. The predicted octanol–water partition coefficient (Wildman–Crippen LogP) is 2.27. The van der Waals surface area contributed by atoms with Crippen molar-refractivity contribution < 1.29 is 0 Å². The van der Waals surface area contributed by atoms with E-state index < -0.39 is 0 Å². The van der Waals surface area contributed by atoms with Crippen molar-refractivity contribution in [2.24, 2.45) is 5.92 Å². The minimum atomic E-state index is 0.546. The van der Waals surface area contributed by atoms with Crippen LogP contribution in [0.4, 0.5) is 5.82 Å². The molecular weight excluding hydrogens is 312 g/mol. The van der Waals surface area contributed by atoms with Gasteiger partial charge in [-0.1, -0.05) is 24.3 Å². The Morgan fingerprint density at radius 2 is 2.12 bits per heavy atom. The van der Waals surface area contributed by atoms with Gasteiger partial charge in [0.05, 0.1) is 12.2 Å². The fraction of sp³-hybridized carbons (Fsp3) is 0.368. The van der Waals surface area contributed by atoms with Gasteiger partial charge in [0.2, 0.25) is 0 Å². The van der Waals surface area contributed by atoms with Crippen LogP contribution < -0.4 is 10.6 Å². The number of aryl methyl sites for hydroxylation is 1. The van der Waals surface area contributed by atoms with Gasteiger partial charge in [0, 0.05) is 50.6 Å². The summed E-state index contributed by atoms with van der Waals surface area (Å²) in [6, 6.07) is 12.6. The fourth-order valence-electron chi connectivity index (χ4n) is 3.39. The topological polar surface area (TPSA) is 59.7 Å². The van der Waals surface area contributed by atoms with E-state index in [1.54, 1.807) is 0 Å². The number of benzene rings is 1. The van der Waals surface area contributed by atoms with Gasteiger partial charge < -0.3 is 10.6 Å². The normalized spacial score (nSPS) is 16.4. The van der Waals surface area contributed by atoms with E-state index in [1.165, 1.54) is 11.1 Å². The molecule has 0 bridgehead atoms. The summed E-state index contributed by atoms with van der Waals surface area (Å²) in [6.45, 7) is 6.66. The molecule has 1 aliphatic rings. The van der Waals surface area contributed by atoms with Crippen molar-refractivity contribution in [3.05, 3.63) is 65.6 Å². The van der Waals surface area contributed by atoms with E-state index in [0.29, 0.717) is 5.92 Å². The van der Waals surface area contributed by atoms with Crippen molar-refractivity contribution in [2.45, 2.75) is 26.6 Å². The van der Waals surface area contributed by atoms with Crippen molar-refractivity contribution in [2.75, 3.05) is 18.4 Å². The first-order valence-electron chi connectivity index (χ1n) is 8.81. The van der Waals surface area contributed by atoms with Crippen LogP contribution in [0.1, 0.15) is 16.8 Å². The van der Waals surface area contributed by atoms with Crippen LogP contribution in [-0.2, 0) is 19.6 Å². The Labute approximate surface area is 147 Å². The highest BCUT2D eigenvalue weighted by Gasteiger charge is 2.18. The van der Waals surface area contributed by atoms with Gasteiger partial charge in [-0.15, -0.1) is 0 Å². The summed E-state index contributed by atoms with van der Waals surface area (Å²) in [5.74, 6) is 1.68. The van der Waals surface area contributed by atoms with Crippen LogP contribution >= 0.6 is 0 Å². The van der Waals surface area contributed by atoms with E-state index >= 15 is 0 Å². The molecule has 0 fully saturated rings. The summed E-state index contributed by atoms with van der Waals surface area (Å²) < 4.78 is 4.04. The minimum absolute atomic E-state index is 0.546. The van der Waals surface area contributed by atoms with Crippen LogP contribution in [0, 0.1) is 12.8 Å². The van der Waals surface area contributed by atoms with Crippen LogP contribution in [-0.4, -0.2) is 32.7 Å². The summed E-state index contributed by atoms with van der Waals surface area (Å²) in [6.07, 6.45) is 3.82. The molecule has 1 atom stereocenters. The molecule has 0 amide bonds. The van der Waals surface area contributed by atoms with Crippen molar-refractivity contribution in [3.63, 3.8) is 0 Å². The van der Waals surface area contributed by atoms with E-state index in [2.05, 4.69) is 55.8 Å². The smallest absolute Gasteiger partial charge is 0.124 e. The molecule has 2 aromatic heterocycles. The summed E-state index contributed by atoms with van der Waals surface area (Å²) in [7, 11) is 0. The second kappa shape index (κ2) is 7.11. The van der Waals surface area contributed by atoms with Gasteiger partial charge in [-0.05, 0) is 24.1 Å². The lowest BCUT2D eigenvalue weighted by atomic mass is 10.1. The van der Waals surface area contributed by atoms with Gasteiger partial charge in [-0.3, -0.25) is 4.68 Å². The van der Waals surface area contributed by atoms with Gasteiger partial charge in [-0.25, -0.2) is 4.68 Å². The first kappa shape index (κ1) is 15.9. The van der Waals surface area contributed by atoms with Gasteiger partial charge in [0.1, 0.15) is 5.82 Å². The third kappa shape index (κ3) is 3.74. The molecule has 0 aliphatic carbocycles. The van der Waals surface area contributed by atoms with Crippen LogP contribution in [0.25, 0.3) is 0 Å². The van der Waals surface area contributed by atoms with Gasteiger partial charge in [0.25, 0.3) is 0 Å². The van der Waals surface area contributed by atoms with Crippen LogP contribution in [0.3, 0.4) is 0 Å². The monoisotopic (exact) mass is 336 g/mol. The first-order chi connectivity index (χ1) is 12.3. The quantitative estimate of drug-likeness (QED) is 0.725. The zero-order valence-electron chi connectivity index (χ0n) is 14.5. The maximum Gasteiger partial charge on any atom is 0.124 e. The number of anilines is 1. The number of hydrogen-bond donors (Lipinski definition) is 2. The molecule has 1 aliphatic heterocycles. The molecule has 0 radical (unpaired) electrons. The second-order valence-electron chi connectivity index (χ2n) is 6.70. The maximum absolute atomic E-state index is 4.54. The van der Waals surface area contributed by atoms with E-state index in [0.717, 1.165) is 44.2 Å².